The van der Waals surface area contributed by atoms with Gasteiger partial charge in [0, 0.05) is 5.56 Å². The van der Waals surface area contributed by atoms with Gasteiger partial charge < -0.3 is 0 Å². The molecule has 2 heteroatoms. The first-order chi connectivity index (χ1) is 4.72. The summed E-state index contributed by atoms with van der Waals surface area (Å²) in [5.41, 5.74) is 1.36. The van der Waals surface area contributed by atoms with Crippen molar-refractivity contribution in [1.29, 1.82) is 0 Å². The van der Waals surface area contributed by atoms with Gasteiger partial charge in [0.25, 0.3) is 0 Å². The van der Waals surface area contributed by atoms with Crippen LogP contribution in [0.5, 0.6) is 0 Å². The Bertz CT molecular complexity index is 212. The van der Waals surface area contributed by atoms with E-state index in [2.05, 4.69) is 39.7 Å². The Hall–Kier alpha value is -0.370. The number of halogens is 1. The second kappa shape index (κ2) is 3.15. The molecule has 0 saturated heterocycles. The SMILES string of the molecule is CCc1cc(Br)c[n+](C)c1. The summed E-state index contributed by atoms with van der Waals surface area (Å²) in [6.45, 7) is 2.15. The molecule has 1 nitrogen and oxygen atoms in total. The van der Waals surface area contributed by atoms with Crippen molar-refractivity contribution in [2.24, 2.45) is 7.05 Å². The molecule has 0 unspecified atom stereocenters. The highest BCUT2D eigenvalue weighted by molar-refractivity contribution is 9.10. The topological polar surface area (TPSA) is 3.88 Å². The first-order valence-corrected chi connectivity index (χ1v) is 4.16. The van der Waals surface area contributed by atoms with Crippen molar-refractivity contribution >= 4 is 15.9 Å². The Labute approximate surface area is 69.8 Å². The molecule has 0 aliphatic rings. The maximum absolute atomic E-state index is 3.43. The Kier molecular flexibility index (Phi) is 2.44. The monoisotopic (exact) mass is 200 g/mol. The van der Waals surface area contributed by atoms with E-state index < -0.39 is 0 Å². The minimum Gasteiger partial charge on any atom is -0.206 e. The Balaban J connectivity index is 3.06. The molecule has 0 N–H and O–H groups in total. The third kappa shape index (κ3) is 1.81. The molecular formula is C8H11BrN+. The summed E-state index contributed by atoms with van der Waals surface area (Å²) in [6, 6.07) is 2.14. The van der Waals surface area contributed by atoms with Crippen molar-refractivity contribution in [3.63, 3.8) is 0 Å². The summed E-state index contributed by atoms with van der Waals surface area (Å²) in [5.74, 6) is 0. The zero-order valence-electron chi connectivity index (χ0n) is 6.26. The lowest BCUT2D eigenvalue weighted by Gasteiger charge is -1.93. The maximum atomic E-state index is 3.43. The number of hydrogen-bond acceptors (Lipinski definition) is 0. The molecule has 1 heterocycles. The highest BCUT2D eigenvalue weighted by Gasteiger charge is 1.98. The minimum atomic E-state index is 1.09. The zero-order valence-corrected chi connectivity index (χ0v) is 7.85. The Morgan fingerprint density at radius 1 is 1.50 bits per heavy atom. The molecule has 0 aliphatic carbocycles. The standard InChI is InChI=1S/C8H11BrN/c1-3-7-4-8(9)6-10(2)5-7/h4-6H,3H2,1-2H3/q+1. The normalized spacial score (nSPS) is 9.90. The number of aromatic nitrogens is 1. The lowest BCUT2D eigenvalue weighted by molar-refractivity contribution is -0.672. The smallest absolute Gasteiger partial charge is 0.182 e. The molecule has 0 saturated carbocycles. The maximum Gasteiger partial charge on any atom is 0.182 e. The van der Waals surface area contributed by atoms with Crippen LogP contribution in [0.2, 0.25) is 0 Å². The molecule has 10 heavy (non-hydrogen) atoms. The van der Waals surface area contributed by atoms with E-state index in [1.165, 1.54) is 5.56 Å². The van der Waals surface area contributed by atoms with Crippen LogP contribution in [0, 0.1) is 0 Å². The highest BCUT2D eigenvalue weighted by Crippen LogP contribution is 2.08. The van der Waals surface area contributed by atoms with Gasteiger partial charge in [0.05, 0.1) is 4.47 Å². The van der Waals surface area contributed by atoms with Crippen LogP contribution >= 0.6 is 15.9 Å². The van der Waals surface area contributed by atoms with Crippen molar-refractivity contribution < 1.29 is 4.57 Å². The first kappa shape index (κ1) is 7.73. The number of hydrogen-bond donors (Lipinski definition) is 0. The van der Waals surface area contributed by atoms with Gasteiger partial charge in [0.15, 0.2) is 12.4 Å². The zero-order chi connectivity index (χ0) is 7.56. The summed E-state index contributed by atoms with van der Waals surface area (Å²) in [6.07, 6.45) is 5.26. The molecule has 54 valence electrons. The lowest BCUT2D eigenvalue weighted by atomic mass is 10.2. The average Bonchev–Trinajstić information content (AvgIpc) is 1.85. The highest BCUT2D eigenvalue weighted by atomic mass is 79.9. The largest absolute Gasteiger partial charge is 0.206 e. The second-order valence-corrected chi connectivity index (χ2v) is 3.30. The van der Waals surface area contributed by atoms with Gasteiger partial charge in [0.2, 0.25) is 0 Å². The predicted molar refractivity (Wildman–Crippen MR) is 44.7 cm³/mol. The van der Waals surface area contributed by atoms with Gasteiger partial charge in [-0.25, -0.2) is 4.57 Å². The van der Waals surface area contributed by atoms with Gasteiger partial charge in [-0.05, 0) is 28.4 Å². The second-order valence-electron chi connectivity index (χ2n) is 2.38. The van der Waals surface area contributed by atoms with Crippen molar-refractivity contribution in [3.05, 3.63) is 28.5 Å². The van der Waals surface area contributed by atoms with Crippen molar-refractivity contribution in [2.45, 2.75) is 13.3 Å². The lowest BCUT2D eigenvalue weighted by Crippen LogP contribution is -2.27. The van der Waals surface area contributed by atoms with Crippen molar-refractivity contribution in [3.8, 4) is 0 Å². The van der Waals surface area contributed by atoms with Gasteiger partial charge in [-0.3, -0.25) is 0 Å². The van der Waals surface area contributed by atoms with Crippen molar-refractivity contribution in [1.82, 2.24) is 0 Å². The van der Waals surface area contributed by atoms with E-state index in [1.807, 2.05) is 13.2 Å². The molecule has 0 radical (unpaired) electrons. The van der Waals surface area contributed by atoms with E-state index in [0.717, 1.165) is 10.9 Å². The van der Waals surface area contributed by atoms with Gasteiger partial charge in [0.1, 0.15) is 7.05 Å². The predicted octanol–water partition coefficient (Wildman–Crippen LogP) is 1.84. The van der Waals surface area contributed by atoms with Gasteiger partial charge in [-0.2, -0.15) is 0 Å². The fourth-order valence-electron chi connectivity index (χ4n) is 0.938. The summed E-state index contributed by atoms with van der Waals surface area (Å²) in [4.78, 5) is 0. The first-order valence-electron chi connectivity index (χ1n) is 3.37. The molecule has 0 fully saturated rings. The number of nitrogens with zero attached hydrogens (tertiary/aromatic N) is 1. The summed E-state index contributed by atoms with van der Waals surface area (Å²) in [7, 11) is 2.03. The fourth-order valence-corrected chi connectivity index (χ4v) is 1.56. The van der Waals surface area contributed by atoms with Crippen molar-refractivity contribution in [2.75, 3.05) is 0 Å². The average molecular weight is 201 g/mol. The third-order valence-corrected chi connectivity index (χ3v) is 1.86. The summed E-state index contributed by atoms with van der Waals surface area (Å²) in [5, 5.41) is 0. The number of pyridine rings is 1. The molecule has 0 aliphatic heterocycles. The molecular weight excluding hydrogens is 190 g/mol. The minimum absolute atomic E-state index is 1.09. The van der Waals surface area contributed by atoms with E-state index in [4.69, 9.17) is 0 Å². The molecule has 0 amide bonds. The molecule has 1 rings (SSSR count). The van der Waals surface area contributed by atoms with Crippen LogP contribution in [0.15, 0.2) is 22.9 Å². The molecule has 0 bridgehead atoms. The van der Waals surface area contributed by atoms with E-state index in [-0.39, 0.29) is 0 Å². The van der Waals surface area contributed by atoms with Crippen LogP contribution < -0.4 is 4.57 Å². The van der Waals surface area contributed by atoms with Crippen LogP contribution in [0.1, 0.15) is 12.5 Å². The molecule has 0 atom stereocenters. The number of rotatable bonds is 1. The van der Waals surface area contributed by atoms with E-state index in [9.17, 15) is 0 Å². The van der Waals surface area contributed by atoms with Gasteiger partial charge >= 0.3 is 0 Å². The Morgan fingerprint density at radius 3 is 2.70 bits per heavy atom. The molecule has 0 spiro atoms. The van der Waals surface area contributed by atoms with Crippen LogP contribution in [0.3, 0.4) is 0 Å². The molecule has 1 aromatic rings. The van der Waals surface area contributed by atoms with Crippen LogP contribution in [0.25, 0.3) is 0 Å². The third-order valence-electron chi connectivity index (χ3n) is 1.43. The van der Waals surface area contributed by atoms with Crippen LogP contribution in [-0.2, 0) is 13.5 Å². The fraction of sp³-hybridized carbons (Fsp3) is 0.375. The summed E-state index contributed by atoms with van der Waals surface area (Å²) >= 11 is 3.43. The van der Waals surface area contributed by atoms with Crippen LogP contribution in [0.4, 0.5) is 0 Å². The quantitative estimate of drug-likeness (QED) is 0.610. The van der Waals surface area contributed by atoms with Crippen LogP contribution in [-0.4, -0.2) is 0 Å². The van der Waals surface area contributed by atoms with E-state index >= 15 is 0 Å². The molecule has 1 aromatic heterocycles. The van der Waals surface area contributed by atoms with Gasteiger partial charge in [-0.1, -0.05) is 6.92 Å². The Morgan fingerprint density at radius 2 is 2.20 bits per heavy atom. The van der Waals surface area contributed by atoms with E-state index in [1.54, 1.807) is 0 Å². The molecule has 0 aromatic carbocycles. The van der Waals surface area contributed by atoms with E-state index in [0.29, 0.717) is 0 Å². The van der Waals surface area contributed by atoms with Gasteiger partial charge in [-0.15, -0.1) is 0 Å². The summed E-state index contributed by atoms with van der Waals surface area (Å²) < 4.78 is 3.21. The number of aryl methyl sites for hydroxylation is 2.